The molecule has 1 saturated heterocycles. The first kappa shape index (κ1) is 24.9. The van der Waals surface area contributed by atoms with Gasteiger partial charge >= 0.3 is 0 Å². The van der Waals surface area contributed by atoms with Gasteiger partial charge in [-0.15, -0.1) is 11.3 Å². The summed E-state index contributed by atoms with van der Waals surface area (Å²) in [4.78, 5) is 45.7. The van der Waals surface area contributed by atoms with Crippen LogP contribution < -0.4 is 10.7 Å². The van der Waals surface area contributed by atoms with Crippen LogP contribution in [-0.2, 0) is 6.42 Å². The van der Waals surface area contributed by atoms with Crippen molar-refractivity contribution in [3.63, 3.8) is 0 Å². The summed E-state index contributed by atoms with van der Waals surface area (Å²) in [7, 11) is 0. The van der Waals surface area contributed by atoms with Gasteiger partial charge in [-0.1, -0.05) is 37.3 Å². The highest BCUT2D eigenvalue weighted by Crippen LogP contribution is 2.22. The molecule has 35 heavy (non-hydrogen) atoms. The normalized spacial score (nSPS) is 14.3. The van der Waals surface area contributed by atoms with Crippen LogP contribution in [0.1, 0.15) is 65.4 Å². The van der Waals surface area contributed by atoms with E-state index in [4.69, 9.17) is 0 Å². The monoisotopic (exact) mass is 492 g/mol. The Morgan fingerprint density at radius 2 is 1.80 bits per heavy atom. The van der Waals surface area contributed by atoms with Gasteiger partial charge in [0.15, 0.2) is 0 Å². The predicted molar refractivity (Wildman–Crippen MR) is 139 cm³/mol. The summed E-state index contributed by atoms with van der Waals surface area (Å²) in [6, 6.07) is 9.95. The molecule has 1 aliphatic heterocycles. The molecule has 0 bridgehead atoms. The van der Waals surface area contributed by atoms with Gasteiger partial charge in [-0.05, 0) is 32.6 Å². The quantitative estimate of drug-likeness (QED) is 0.530. The highest BCUT2D eigenvalue weighted by molar-refractivity contribution is 7.09. The molecule has 0 unspecified atom stereocenters. The van der Waals surface area contributed by atoms with Gasteiger partial charge in [0.25, 0.3) is 11.8 Å². The number of piperidine rings is 1. The lowest BCUT2D eigenvalue weighted by Gasteiger charge is -2.30. The Balaban J connectivity index is 1.46. The first-order valence-corrected chi connectivity index (χ1v) is 13.0. The largest absolute Gasteiger partial charge is 0.351 e. The van der Waals surface area contributed by atoms with Gasteiger partial charge in [-0.2, -0.15) is 0 Å². The highest BCUT2D eigenvalue weighted by atomic mass is 32.1. The zero-order chi connectivity index (χ0) is 24.9. The summed E-state index contributed by atoms with van der Waals surface area (Å²) >= 11 is 1.55. The second-order valence-corrected chi connectivity index (χ2v) is 10.4. The van der Waals surface area contributed by atoms with Crippen molar-refractivity contribution in [1.29, 1.82) is 0 Å². The number of amides is 2. The van der Waals surface area contributed by atoms with E-state index in [-0.39, 0.29) is 23.1 Å². The number of hydrogen-bond donors (Lipinski definition) is 1. The Bertz CT molecular complexity index is 1240. The molecule has 0 atom stereocenters. The molecule has 184 valence electrons. The van der Waals surface area contributed by atoms with Crippen molar-refractivity contribution in [2.24, 2.45) is 5.92 Å². The third-order valence-electron chi connectivity index (χ3n) is 6.43. The maximum atomic E-state index is 13.2. The molecule has 2 amide bonds. The van der Waals surface area contributed by atoms with Gasteiger partial charge < -0.3 is 14.8 Å². The van der Waals surface area contributed by atoms with Crippen molar-refractivity contribution >= 4 is 23.2 Å². The smallest absolute Gasteiger partial charge is 0.259 e. The number of nitrogens with one attached hydrogen (secondary N) is 1. The summed E-state index contributed by atoms with van der Waals surface area (Å²) in [6.07, 6.45) is 5.55. The highest BCUT2D eigenvalue weighted by Gasteiger charge is 2.26. The van der Waals surface area contributed by atoms with Gasteiger partial charge in [-0.25, -0.2) is 4.98 Å². The van der Waals surface area contributed by atoms with E-state index in [1.807, 2.05) is 49.6 Å². The first-order valence-electron chi connectivity index (χ1n) is 12.2. The van der Waals surface area contributed by atoms with Crippen molar-refractivity contribution in [3.8, 4) is 11.3 Å². The summed E-state index contributed by atoms with van der Waals surface area (Å²) in [6.45, 7) is 7.70. The van der Waals surface area contributed by atoms with Gasteiger partial charge in [0, 0.05) is 55.4 Å². The zero-order valence-electron chi connectivity index (χ0n) is 20.5. The van der Waals surface area contributed by atoms with Gasteiger partial charge in [0.1, 0.15) is 11.1 Å². The number of rotatable bonds is 7. The first-order chi connectivity index (χ1) is 16.8. The summed E-state index contributed by atoms with van der Waals surface area (Å²) in [5.41, 5.74) is 1.52. The van der Waals surface area contributed by atoms with Crippen LogP contribution in [0.25, 0.3) is 11.3 Å². The Labute approximate surface area is 209 Å². The lowest BCUT2D eigenvalue weighted by Crippen LogP contribution is -2.41. The van der Waals surface area contributed by atoms with Crippen LogP contribution >= 0.6 is 11.3 Å². The molecule has 1 fully saturated rings. The van der Waals surface area contributed by atoms with Crippen molar-refractivity contribution in [3.05, 3.63) is 74.5 Å². The van der Waals surface area contributed by atoms with E-state index < -0.39 is 11.3 Å². The lowest BCUT2D eigenvalue weighted by atomic mass is 9.98. The van der Waals surface area contributed by atoms with Crippen LogP contribution in [0.2, 0.25) is 0 Å². The number of carbonyl (C=O) groups excluding carboxylic acids is 2. The molecule has 0 spiro atoms. The van der Waals surface area contributed by atoms with Crippen molar-refractivity contribution in [2.45, 2.75) is 46.1 Å². The van der Waals surface area contributed by atoms with E-state index in [9.17, 15) is 14.4 Å². The van der Waals surface area contributed by atoms with Crippen LogP contribution in [0.3, 0.4) is 0 Å². The van der Waals surface area contributed by atoms with Gasteiger partial charge in [0.05, 0.1) is 10.7 Å². The van der Waals surface area contributed by atoms with Crippen molar-refractivity contribution < 1.29 is 9.59 Å². The summed E-state index contributed by atoms with van der Waals surface area (Å²) in [5.74, 6) is -0.182. The number of nitrogens with zero attached hydrogens (tertiary/aromatic N) is 3. The maximum absolute atomic E-state index is 13.2. The lowest BCUT2D eigenvalue weighted by molar-refractivity contribution is 0.0695. The topological polar surface area (TPSA) is 84.3 Å². The average Bonchev–Trinajstić information content (AvgIpc) is 3.33. The van der Waals surface area contributed by atoms with Crippen LogP contribution in [0, 0.1) is 5.92 Å². The number of thiazole rings is 1. The fourth-order valence-electron chi connectivity index (χ4n) is 4.14. The van der Waals surface area contributed by atoms with E-state index in [2.05, 4.69) is 17.2 Å². The minimum absolute atomic E-state index is 0.000888. The van der Waals surface area contributed by atoms with Crippen LogP contribution in [-0.4, -0.2) is 45.9 Å². The third-order valence-corrected chi connectivity index (χ3v) is 7.34. The SMILES string of the molecule is CC1CCN(C(=O)c2cn(C(C)C)cc(C(=O)NCCc3nc(-c4ccccc4)cs3)c2=O)CC1. The second-order valence-electron chi connectivity index (χ2n) is 9.43. The van der Waals surface area contributed by atoms with E-state index >= 15 is 0 Å². The van der Waals surface area contributed by atoms with E-state index in [1.54, 1.807) is 33.2 Å². The molecule has 2 aromatic heterocycles. The predicted octanol–water partition coefficient (Wildman–Crippen LogP) is 4.40. The molecule has 1 aromatic carbocycles. The number of carbonyl (C=O) groups is 2. The molecule has 7 nitrogen and oxygen atoms in total. The molecular formula is C27H32N4O3S. The number of pyridine rings is 1. The molecule has 1 aliphatic rings. The van der Waals surface area contributed by atoms with Gasteiger partial charge in [-0.3, -0.25) is 14.4 Å². The third kappa shape index (κ3) is 5.88. The van der Waals surface area contributed by atoms with Crippen LogP contribution in [0.4, 0.5) is 0 Å². The Kier molecular flexibility index (Phi) is 7.80. The fraction of sp³-hybridized carbons (Fsp3) is 0.407. The average molecular weight is 493 g/mol. The number of likely N-dealkylation sites (tertiary alicyclic amines) is 1. The Morgan fingerprint density at radius 3 is 2.49 bits per heavy atom. The number of hydrogen-bond acceptors (Lipinski definition) is 5. The van der Waals surface area contributed by atoms with Crippen molar-refractivity contribution in [1.82, 2.24) is 19.8 Å². The second kappa shape index (κ2) is 11.0. The van der Waals surface area contributed by atoms with Crippen LogP contribution in [0.5, 0.6) is 0 Å². The summed E-state index contributed by atoms with van der Waals surface area (Å²) < 4.78 is 1.77. The summed E-state index contributed by atoms with van der Waals surface area (Å²) in [5, 5.41) is 5.76. The number of benzene rings is 1. The molecule has 1 N–H and O–H groups in total. The molecule has 8 heteroatoms. The zero-order valence-corrected chi connectivity index (χ0v) is 21.3. The molecule has 0 radical (unpaired) electrons. The molecular weight excluding hydrogens is 460 g/mol. The molecule has 4 rings (SSSR count). The number of aromatic nitrogens is 2. The molecule has 0 saturated carbocycles. The molecule has 3 heterocycles. The van der Waals surface area contributed by atoms with E-state index in [1.165, 1.54) is 0 Å². The van der Waals surface area contributed by atoms with Crippen molar-refractivity contribution in [2.75, 3.05) is 19.6 Å². The minimum atomic E-state index is -0.511. The van der Waals surface area contributed by atoms with Gasteiger partial charge in [0.2, 0.25) is 5.43 Å². The Morgan fingerprint density at radius 1 is 1.11 bits per heavy atom. The van der Waals surface area contributed by atoms with E-state index in [0.29, 0.717) is 32.0 Å². The van der Waals surface area contributed by atoms with Crippen LogP contribution in [0.15, 0.2) is 52.9 Å². The fourth-order valence-corrected chi connectivity index (χ4v) is 4.94. The molecule has 0 aliphatic carbocycles. The Hall–Kier alpha value is -3.26. The standard InChI is InChI=1S/C27H32N4O3S/c1-18(2)31-15-21(25(32)22(16-31)27(34)30-13-10-19(3)11-14-30)26(33)28-12-9-24-29-23(17-35-24)20-7-5-4-6-8-20/h4-8,15-19H,9-14H2,1-3H3,(H,28,33). The minimum Gasteiger partial charge on any atom is -0.351 e. The maximum Gasteiger partial charge on any atom is 0.259 e. The van der Waals surface area contributed by atoms with E-state index in [0.717, 1.165) is 29.1 Å². The molecule has 3 aromatic rings.